The molecule has 392 valence electrons. The first-order chi connectivity index (χ1) is 31.7. The highest BCUT2D eigenvalue weighted by atomic mass is 16.8. The number of aliphatic hydroxyl groups excluding tert-OH is 20. The van der Waals surface area contributed by atoms with E-state index in [0.717, 1.165) is 0 Å². The van der Waals surface area contributed by atoms with E-state index in [1.165, 1.54) is 0 Å². The number of rotatable bonds is 16. The zero-order valence-corrected chi connectivity index (χ0v) is 35.0. The van der Waals surface area contributed by atoms with Crippen LogP contribution in [0.15, 0.2) is 0 Å². The molecule has 0 amide bonds. The molecule has 31 heteroatoms. The van der Waals surface area contributed by atoms with Crippen LogP contribution in [0.5, 0.6) is 0 Å². The average Bonchev–Trinajstić information content (AvgIpc) is 3.31. The van der Waals surface area contributed by atoms with Gasteiger partial charge in [-0.3, -0.25) is 0 Å². The third-order valence-corrected chi connectivity index (χ3v) is 12.4. The van der Waals surface area contributed by atoms with E-state index in [1.54, 1.807) is 0 Å². The van der Waals surface area contributed by atoms with Gasteiger partial charge in [-0.25, -0.2) is 0 Å². The summed E-state index contributed by atoms with van der Waals surface area (Å²) < 4.78 is 60.8. The van der Waals surface area contributed by atoms with Gasteiger partial charge in [0.25, 0.3) is 0 Å². The Bertz CT molecular complexity index is 1500. The first-order valence-electron chi connectivity index (χ1n) is 21.1. The van der Waals surface area contributed by atoms with Crippen molar-refractivity contribution in [2.45, 2.75) is 184 Å². The second-order valence-corrected chi connectivity index (χ2v) is 16.8. The van der Waals surface area contributed by atoms with Crippen LogP contribution in [0.1, 0.15) is 0 Å². The van der Waals surface area contributed by atoms with Gasteiger partial charge in [0.05, 0.1) is 39.6 Å². The van der Waals surface area contributed by atoms with E-state index in [4.69, 9.17) is 52.1 Å². The molecule has 30 atom stereocenters. The maximum Gasteiger partial charge on any atom is 0.187 e. The Hall–Kier alpha value is -1.24. The van der Waals surface area contributed by atoms with Gasteiger partial charge in [0.1, 0.15) is 146 Å². The van der Waals surface area contributed by atoms with Gasteiger partial charge in [-0.15, -0.1) is 0 Å². The van der Waals surface area contributed by atoms with Crippen molar-refractivity contribution in [3.63, 3.8) is 0 Å². The molecule has 0 aromatic rings. The predicted molar refractivity (Wildman–Crippen MR) is 199 cm³/mol. The van der Waals surface area contributed by atoms with Gasteiger partial charge in [-0.2, -0.15) is 0 Å². The largest absolute Gasteiger partial charge is 0.394 e. The molecular formula is C36H62O31. The van der Waals surface area contributed by atoms with E-state index >= 15 is 0 Å². The topological polar surface area (TPSA) is 506 Å². The van der Waals surface area contributed by atoms with Crippen LogP contribution < -0.4 is 0 Å². The van der Waals surface area contributed by atoms with Gasteiger partial charge in [0, 0.05) is 0 Å². The third-order valence-electron chi connectivity index (χ3n) is 12.4. The molecule has 0 bridgehead atoms. The summed E-state index contributed by atoms with van der Waals surface area (Å²) in [7, 11) is 0. The Balaban J connectivity index is 1.20. The minimum absolute atomic E-state index is 0.851. The first-order valence-corrected chi connectivity index (χ1v) is 21.1. The summed E-state index contributed by atoms with van der Waals surface area (Å²) in [5.74, 6) is 0. The summed E-state index contributed by atoms with van der Waals surface area (Å²) in [5, 5.41) is 210. The van der Waals surface area contributed by atoms with Gasteiger partial charge < -0.3 is 154 Å². The second-order valence-electron chi connectivity index (χ2n) is 16.8. The minimum atomic E-state index is -2.25. The fourth-order valence-electron chi connectivity index (χ4n) is 8.27. The monoisotopic (exact) mass is 990 g/mol. The zero-order chi connectivity index (χ0) is 49.3. The maximum absolute atomic E-state index is 11.5. The third kappa shape index (κ3) is 11.5. The van der Waals surface area contributed by atoms with Crippen LogP contribution in [0.2, 0.25) is 0 Å². The SMILES string of the molecule is OC[C@H]1O[C@H](OC[C@H]2O[C@H](O[C@H]3[C@H](O)[C@@H](CO[C@H]4O[C@H](CO)[C@@H](O)[C@H](O)[C@@H]4O[C@H]4O[C@H](CO)[C@@H](O)[C@H](O)[C@@H]4O)OC(O)[C@H]3O)[C@@H](O)[C@@H](O[C@H]3O[C@H](CO)[C@@H](O)[C@H](O)[C@@H]3O)[C@@H]2O)[C@@H](O)[C@@H](O)[C@@H]1O. The highest BCUT2D eigenvalue weighted by molar-refractivity contribution is 4.99. The molecule has 6 saturated heterocycles. The highest BCUT2D eigenvalue weighted by Crippen LogP contribution is 2.35. The molecule has 6 aliphatic heterocycles. The Kier molecular flexibility index (Phi) is 19.4. The van der Waals surface area contributed by atoms with E-state index in [-0.39, 0.29) is 0 Å². The smallest absolute Gasteiger partial charge is 0.187 e. The molecule has 0 saturated carbocycles. The Morgan fingerprint density at radius 1 is 0.254 bits per heavy atom. The molecule has 67 heavy (non-hydrogen) atoms. The van der Waals surface area contributed by atoms with Gasteiger partial charge in [-0.05, 0) is 0 Å². The van der Waals surface area contributed by atoms with Crippen molar-refractivity contribution >= 4 is 0 Å². The molecule has 0 aromatic heterocycles. The van der Waals surface area contributed by atoms with Crippen molar-refractivity contribution in [3.05, 3.63) is 0 Å². The lowest BCUT2D eigenvalue weighted by Gasteiger charge is -2.48. The van der Waals surface area contributed by atoms with Gasteiger partial charge >= 0.3 is 0 Å². The molecule has 0 spiro atoms. The number of hydrogen-bond acceptors (Lipinski definition) is 31. The van der Waals surface area contributed by atoms with Crippen LogP contribution in [0.3, 0.4) is 0 Å². The number of aliphatic hydroxyl groups is 20. The number of hydrogen-bond donors (Lipinski definition) is 20. The summed E-state index contributed by atoms with van der Waals surface area (Å²) in [6.07, 6.45) is -57.6. The standard InChI is InChI=1S/C36H62O31/c37-1-7-13(41)19(47)23(51)32(60-7)57-6-12-18(46)29(66-33-24(52)20(48)14(42)8(2-38)61-33)27(55)35(64-12)65-28-17(45)11(59-31(56)26(28)54)5-58-36-30(22(50)16(44)10(4-40)63-36)67-34-25(53)21(49)15(43)9(3-39)62-34/h7-56H,1-6H2/t7-,8-,9-,10-,11-,12-,13-,14-,15-,16-,17-,18-,19+,20+,21+,22+,23+,24+,25+,26+,27+,28+,29+,30+,31?,32+,33-,34-,35-,36+/m1/s1. The summed E-state index contributed by atoms with van der Waals surface area (Å²) in [6.45, 7) is -5.34. The fourth-order valence-corrected chi connectivity index (χ4v) is 8.27. The van der Waals surface area contributed by atoms with Crippen molar-refractivity contribution in [3.8, 4) is 0 Å². The van der Waals surface area contributed by atoms with Crippen LogP contribution in [-0.4, -0.2) is 326 Å². The zero-order valence-electron chi connectivity index (χ0n) is 35.0. The second kappa shape index (κ2) is 23.5. The lowest BCUT2D eigenvalue weighted by molar-refractivity contribution is -0.387. The molecule has 6 heterocycles. The van der Waals surface area contributed by atoms with Crippen LogP contribution >= 0.6 is 0 Å². The molecule has 6 aliphatic rings. The molecule has 0 aromatic carbocycles. The van der Waals surface area contributed by atoms with Gasteiger partial charge in [-0.1, -0.05) is 0 Å². The fraction of sp³-hybridized carbons (Fsp3) is 1.00. The molecule has 0 aliphatic carbocycles. The molecule has 31 nitrogen and oxygen atoms in total. The molecule has 1 unspecified atom stereocenters. The van der Waals surface area contributed by atoms with E-state index in [0.29, 0.717) is 0 Å². The van der Waals surface area contributed by atoms with Crippen molar-refractivity contribution in [1.29, 1.82) is 0 Å². The summed E-state index contributed by atoms with van der Waals surface area (Å²) in [5.41, 5.74) is 0. The van der Waals surface area contributed by atoms with Crippen molar-refractivity contribution < 1.29 is 154 Å². The quantitative estimate of drug-likeness (QED) is 0.0683. The number of ether oxygens (including phenoxy) is 11. The molecule has 0 radical (unpaired) electrons. The molecule has 20 N–H and O–H groups in total. The van der Waals surface area contributed by atoms with Crippen molar-refractivity contribution in [1.82, 2.24) is 0 Å². The maximum atomic E-state index is 11.5. The normalized spacial score (nSPS) is 53.4. The van der Waals surface area contributed by atoms with Crippen LogP contribution in [0.4, 0.5) is 0 Å². The molecule has 6 rings (SSSR count). The van der Waals surface area contributed by atoms with E-state index in [2.05, 4.69) is 0 Å². The predicted octanol–water partition coefficient (Wildman–Crippen LogP) is -14.1. The van der Waals surface area contributed by atoms with Gasteiger partial charge in [0.15, 0.2) is 37.7 Å². The summed E-state index contributed by atoms with van der Waals surface area (Å²) >= 11 is 0. The average molecular weight is 991 g/mol. The lowest BCUT2D eigenvalue weighted by Crippen LogP contribution is -2.67. The molecule has 6 fully saturated rings. The van der Waals surface area contributed by atoms with Gasteiger partial charge in [0.2, 0.25) is 0 Å². The molecular weight excluding hydrogens is 928 g/mol. The highest BCUT2D eigenvalue weighted by Gasteiger charge is 2.56. The summed E-state index contributed by atoms with van der Waals surface area (Å²) in [6, 6.07) is 0. The van der Waals surface area contributed by atoms with E-state index in [9.17, 15) is 102 Å². The van der Waals surface area contributed by atoms with Crippen LogP contribution in [-0.2, 0) is 52.1 Å². The van der Waals surface area contributed by atoms with E-state index < -0.39 is 224 Å². The lowest BCUT2D eigenvalue weighted by atomic mass is 9.95. The van der Waals surface area contributed by atoms with Crippen LogP contribution in [0.25, 0.3) is 0 Å². The minimum Gasteiger partial charge on any atom is -0.394 e. The first kappa shape index (κ1) is 55.1. The van der Waals surface area contributed by atoms with E-state index in [1.807, 2.05) is 0 Å². The Morgan fingerprint density at radius 2 is 0.567 bits per heavy atom. The Morgan fingerprint density at radius 3 is 1.01 bits per heavy atom. The summed E-state index contributed by atoms with van der Waals surface area (Å²) in [4.78, 5) is 0. The van der Waals surface area contributed by atoms with Crippen molar-refractivity contribution in [2.75, 3.05) is 39.6 Å². The Labute approximate surface area is 378 Å². The van der Waals surface area contributed by atoms with Crippen LogP contribution in [0, 0.1) is 0 Å². The van der Waals surface area contributed by atoms with Crippen molar-refractivity contribution in [2.24, 2.45) is 0 Å².